The van der Waals surface area contributed by atoms with Crippen molar-refractivity contribution in [2.24, 2.45) is 0 Å². The second-order valence-electron chi connectivity index (χ2n) is 6.51. The van der Waals surface area contributed by atoms with Crippen molar-refractivity contribution in [1.29, 1.82) is 0 Å². The number of benzene rings is 2. The number of nitrogens with zero attached hydrogens (tertiary/aromatic N) is 1. The first-order chi connectivity index (χ1) is 13.7. The molecule has 0 aliphatic heterocycles. The van der Waals surface area contributed by atoms with Crippen molar-refractivity contribution in [3.63, 3.8) is 0 Å². The van der Waals surface area contributed by atoms with Crippen LogP contribution >= 0.6 is 22.9 Å². The number of halogens is 1. The largest absolute Gasteiger partial charge is 0.395 e. The number of aliphatic hydroxyl groups is 1. The number of aliphatic hydroxyl groups excluding tert-OH is 1. The Morgan fingerprint density at radius 3 is 2.79 bits per heavy atom. The average Bonchev–Trinajstić information content (AvgIpc) is 2.71. The molecule has 0 unspecified atom stereocenters. The summed E-state index contributed by atoms with van der Waals surface area (Å²) in [5.74, 6) is 0.731. The summed E-state index contributed by atoms with van der Waals surface area (Å²) in [5, 5.41) is 18.1. The lowest BCUT2D eigenvalue weighted by atomic mass is 10.1. The van der Waals surface area contributed by atoms with E-state index < -0.39 is 0 Å². The smallest absolute Gasteiger partial charge is 0.196 e. The number of pyridine rings is 1. The van der Waals surface area contributed by atoms with E-state index in [9.17, 15) is 4.79 Å². The quantitative estimate of drug-likeness (QED) is 0.242. The number of para-hydroxylation sites is 1. The van der Waals surface area contributed by atoms with E-state index in [1.165, 1.54) is 0 Å². The van der Waals surface area contributed by atoms with Gasteiger partial charge in [-0.3, -0.25) is 4.79 Å². The molecule has 28 heavy (non-hydrogen) atoms. The Balaban J connectivity index is 1.83. The highest BCUT2D eigenvalue weighted by Crippen LogP contribution is 2.34. The van der Waals surface area contributed by atoms with Crippen LogP contribution in [0.2, 0.25) is 5.02 Å². The van der Waals surface area contributed by atoms with E-state index in [4.69, 9.17) is 21.7 Å². The lowest BCUT2D eigenvalue weighted by Crippen LogP contribution is -2.21. The number of anilines is 1. The minimum absolute atomic E-state index is 0.0162. The van der Waals surface area contributed by atoms with E-state index >= 15 is 0 Å². The van der Waals surface area contributed by atoms with E-state index in [-0.39, 0.29) is 12.0 Å². The number of rotatable bonds is 7. The Labute approximate surface area is 171 Å². The minimum atomic E-state index is -0.0162. The second-order valence-corrected chi connectivity index (χ2v) is 8.00. The third kappa shape index (κ3) is 3.69. The second kappa shape index (κ2) is 8.41. The molecule has 4 aromatic rings. The zero-order valence-electron chi connectivity index (χ0n) is 15.2. The van der Waals surface area contributed by atoms with Crippen molar-refractivity contribution in [3.05, 3.63) is 57.7 Å². The molecule has 144 valence electrons. The maximum Gasteiger partial charge on any atom is 0.196 e. The van der Waals surface area contributed by atoms with E-state index in [1.807, 2.05) is 30.3 Å². The molecule has 0 aliphatic rings. The molecule has 0 spiro atoms. The standard InChI is InChI=1S/C21H20ClN3O2S/c22-13-6-7-17-15(12-13)19(27)18-14-4-1-2-5-16(14)25-21(20(18)28-17)24-9-3-8-23-10-11-26/h1-2,4-7,12,23,26H,3,8-11H2,(H,24,25). The highest BCUT2D eigenvalue weighted by molar-refractivity contribution is 7.25. The summed E-state index contributed by atoms with van der Waals surface area (Å²) >= 11 is 7.69. The van der Waals surface area contributed by atoms with Gasteiger partial charge in [0.15, 0.2) is 5.43 Å². The Bertz CT molecular complexity index is 1210. The zero-order chi connectivity index (χ0) is 19.5. The van der Waals surface area contributed by atoms with Gasteiger partial charge in [-0.05, 0) is 37.2 Å². The van der Waals surface area contributed by atoms with Gasteiger partial charge in [-0.1, -0.05) is 29.8 Å². The Morgan fingerprint density at radius 1 is 1.07 bits per heavy atom. The minimum Gasteiger partial charge on any atom is -0.395 e. The van der Waals surface area contributed by atoms with Gasteiger partial charge in [-0.15, -0.1) is 11.3 Å². The van der Waals surface area contributed by atoms with E-state index in [0.29, 0.717) is 22.3 Å². The molecule has 5 nitrogen and oxygen atoms in total. The molecule has 4 rings (SSSR count). The van der Waals surface area contributed by atoms with E-state index in [0.717, 1.165) is 45.6 Å². The van der Waals surface area contributed by atoms with Crippen LogP contribution in [0.25, 0.3) is 31.1 Å². The van der Waals surface area contributed by atoms with Crippen LogP contribution in [0.1, 0.15) is 6.42 Å². The molecule has 0 radical (unpaired) electrons. The normalized spacial score (nSPS) is 11.5. The van der Waals surface area contributed by atoms with Crippen molar-refractivity contribution in [2.45, 2.75) is 6.42 Å². The zero-order valence-corrected chi connectivity index (χ0v) is 16.7. The molecule has 0 saturated heterocycles. The highest BCUT2D eigenvalue weighted by atomic mass is 35.5. The van der Waals surface area contributed by atoms with Crippen LogP contribution in [0, 0.1) is 0 Å². The van der Waals surface area contributed by atoms with Crippen LogP contribution in [0.3, 0.4) is 0 Å². The van der Waals surface area contributed by atoms with Crippen LogP contribution in [-0.4, -0.2) is 36.3 Å². The topological polar surface area (TPSA) is 74.2 Å². The number of hydrogen-bond donors (Lipinski definition) is 3. The predicted octanol–water partition coefficient (Wildman–Crippen LogP) is 4.00. The number of hydrogen-bond acceptors (Lipinski definition) is 6. The molecule has 0 saturated carbocycles. The Kier molecular flexibility index (Phi) is 5.73. The Hall–Kier alpha value is -2.25. The molecule has 2 aromatic heterocycles. The molecule has 0 atom stereocenters. The summed E-state index contributed by atoms with van der Waals surface area (Å²) in [6.45, 7) is 2.25. The molecule has 0 bridgehead atoms. The summed E-state index contributed by atoms with van der Waals surface area (Å²) in [6.07, 6.45) is 0.883. The summed E-state index contributed by atoms with van der Waals surface area (Å²) < 4.78 is 1.76. The van der Waals surface area contributed by atoms with Crippen molar-refractivity contribution in [1.82, 2.24) is 10.3 Å². The van der Waals surface area contributed by atoms with E-state index in [2.05, 4.69) is 10.6 Å². The maximum atomic E-state index is 13.3. The fourth-order valence-corrected chi connectivity index (χ4v) is 4.59. The highest BCUT2D eigenvalue weighted by Gasteiger charge is 2.15. The van der Waals surface area contributed by atoms with Crippen LogP contribution in [0.5, 0.6) is 0 Å². The van der Waals surface area contributed by atoms with Crippen LogP contribution < -0.4 is 16.1 Å². The first kappa shape index (κ1) is 19.1. The molecule has 0 fully saturated rings. The van der Waals surface area contributed by atoms with Gasteiger partial charge in [0, 0.05) is 33.6 Å². The third-order valence-corrected chi connectivity index (χ3v) is 6.00. The van der Waals surface area contributed by atoms with E-state index in [1.54, 1.807) is 23.5 Å². The average molecular weight is 414 g/mol. The monoisotopic (exact) mass is 413 g/mol. The van der Waals surface area contributed by atoms with Gasteiger partial charge in [-0.2, -0.15) is 0 Å². The molecule has 0 amide bonds. The number of nitrogens with one attached hydrogen (secondary N) is 2. The van der Waals surface area contributed by atoms with Gasteiger partial charge in [0.25, 0.3) is 0 Å². The van der Waals surface area contributed by atoms with Crippen LogP contribution in [0.15, 0.2) is 47.3 Å². The van der Waals surface area contributed by atoms with Gasteiger partial charge >= 0.3 is 0 Å². The molecule has 3 N–H and O–H groups in total. The predicted molar refractivity (Wildman–Crippen MR) is 119 cm³/mol. The maximum absolute atomic E-state index is 13.3. The van der Waals surface area contributed by atoms with Crippen LogP contribution in [-0.2, 0) is 0 Å². The summed E-state index contributed by atoms with van der Waals surface area (Å²) in [5.41, 5.74) is 0.777. The van der Waals surface area contributed by atoms with Gasteiger partial charge in [-0.25, -0.2) is 4.98 Å². The molecule has 2 heterocycles. The third-order valence-electron chi connectivity index (χ3n) is 4.58. The molecule has 2 aromatic carbocycles. The van der Waals surface area contributed by atoms with Crippen LogP contribution in [0.4, 0.5) is 5.82 Å². The van der Waals surface area contributed by atoms with Gasteiger partial charge in [0.1, 0.15) is 5.82 Å². The molecule has 0 aliphatic carbocycles. The Morgan fingerprint density at radius 2 is 1.93 bits per heavy atom. The van der Waals surface area contributed by atoms with Gasteiger partial charge in [0.05, 0.1) is 22.2 Å². The fourth-order valence-electron chi connectivity index (χ4n) is 3.28. The number of aromatic nitrogens is 1. The van der Waals surface area contributed by atoms with Crippen molar-refractivity contribution < 1.29 is 5.11 Å². The van der Waals surface area contributed by atoms with Gasteiger partial charge in [0.2, 0.25) is 0 Å². The van der Waals surface area contributed by atoms with Crippen molar-refractivity contribution in [2.75, 3.05) is 31.6 Å². The van der Waals surface area contributed by atoms with Crippen molar-refractivity contribution >= 4 is 59.8 Å². The molecular weight excluding hydrogens is 394 g/mol. The lowest BCUT2D eigenvalue weighted by molar-refractivity contribution is 0.292. The molecule has 7 heteroatoms. The fraction of sp³-hybridized carbons (Fsp3) is 0.238. The van der Waals surface area contributed by atoms with Crippen molar-refractivity contribution in [3.8, 4) is 0 Å². The number of fused-ring (bicyclic) bond motifs is 4. The summed E-state index contributed by atoms with van der Waals surface area (Å²) in [6, 6.07) is 13.2. The summed E-state index contributed by atoms with van der Waals surface area (Å²) in [7, 11) is 0. The first-order valence-electron chi connectivity index (χ1n) is 9.19. The first-order valence-corrected chi connectivity index (χ1v) is 10.4. The lowest BCUT2D eigenvalue weighted by Gasteiger charge is -2.12. The summed E-state index contributed by atoms with van der Waals surface area (Å²) in [4.78, 5) is 18.1. The van der Waals surface area contributed by atoms with Gasteiger partial charge < -0.3 is 15.7 Å². The molecular formula is C21H20ClN3O2S. The SMILES string of the molecule is O=c1c2cc(Cl)ccc2sc2c(NCCCNCCO)nc3ccccc3c12.